The number of nitrogens with zero attached hydrogens (tertiary/aromatic N) is 1. The van der Waals surface area contributed by atoms with Crippen LogP contribution in [0.5, 0.6) is 0 Å². The molecule has 2 N–H and O–H groups in total. The van der Waals surface area contributed by atoms with Crippen LogP contribution in [0.1, 0.15) is 5.56 Å². The molecular weight excluding hydrogens is 212 g/mol. The summed E-state index contributed by atoms with van der Waals surface area (Å²) in [4.78, 5) is 0. The summed E-state index contributed by atoms with van der Waals surface area (Å²) in [7, 11) is -1.58. The van der Waals surface area contributed by atoms with Crippen LogP contribution in [0.2, 0.25) is 0 Å². The Morgan fingerprint density at radius 2 is 2.08 bits per heavy atom. The maximum Gasteiger partial charge on any atom is 2.00 e. The Labute approximate surface area is 88.4 Å². The van der Waals surface area contributed by atoms with E-state index < -0.39 is 7.12 Å². The van der Waals surface area contributed by atoms with Gasteiger partial charge in [0.25, 0.3) is 0 Å². The van der Waals surface area contributed by atoms with Crippen molar-refractivity contribution in [2.24, 2.45) is 0 Å². The fourth-order valence-corrected chi connectivity index (χ4v) is 0.764. The maximum absolute atomic E-state index is 8.73. The van der Waals surface area contributed by atoms with Gasteiger partial charge in [0, 0.05) is 6.07 Å². The van der Waals surface area contributed by atoms with E-state index in [2.05, 4.69) is 6.07 Å². The molecular formula is C8H8BCoNO2. The molecule has 0 bridgehead atoms. The van der Waals surface area contributed by atoms with Crippen molar-refractivity contribution < 1.29 is 26.8 Å². The molecule has 13 heavy (non-hydrogen) atoms. The number of hydrogen-bond acceptors (Lipinski definition) is 3. The average Bonchev–Trinajstić information content (AvgIpc) is 2.04. The minimum Gasteiger partial charge on any atom is -0.424 e. The zero-order valence-electron chi connectivity index (χ0n) is 6.98. The number of rotatable bonds is 1. The van der Waals surface area contributed by atoms with E-state index in [1.54, 1.807) is 0 Å². The first-order valence-electron chi connectivity index (χ1n) is 3.02. The quantitative estimate of drug-likeness (QED) is 0.494. The molecule has 5 heteroatoms. The van der Waals surface area contributed by atoms with Gasteiger partial charge >= 0.3 is 23.9 Å². The van der Waals surface area contributed by atoms with Crippen molar-refractivity contribution >= 4 is 12.6 Å². The second-order valence-electron chi connectivity index (χ2n) is 2.00. The van der Waals surface area contributed by atoms with E-state index in [9.17, 15) is 0 Å². The molecule has 0 saturated carbocycles. The molecule has 3 nitrogen and oxygen atoms in total. The van der Waals surface area contributed by atoms with Crippen LogP contribution in [0.15, 0.2) is 18.2 Å². The molecule has 1 aromatic carbocycles. The van der Waals surface area contributed by atoms with Crippen molar-refractivity contribution in [2.45, 2.75) is 0 Å². The second kappa shape index (κ2) is 6.69. The Morgan fingerprint density at radius 3 is 2.46 bits per heavy atom. The zero-order valence-corrected chi connectivity index (χ0v) is 8.03. The maximum atomic E-state index is 8.73. The van der Waals surface area contributed by atoms with E-state index in [0.29, 0.717) is 0 Å². The normalized spacial score (nSPS) is 7.46. The molecule has 0 amide bonds. The molecule has 1 rings (SSSR count). The largest absolute Gasteiger partial charge is 2.00 e. The summed E-state index contributed by atoms with van der Waals surface area (Å²) in [6.45, 7) is 0. The van der Waals surface area contributed by atoms with Crippen LogP contribution >= 0.6 is 0 Å². The molecule has 0 fully saturated rings. The van der Waals surface area contributed by atoms with Gasteiger partial charge in [-0.3, -0.25) is 0 Å². The Bertz CT molecular complexity index is 298. The van der Waals surface area contributed by atoms with Crippen molar-refractivity contribution in [1.82, 2.24) is 0 Å². The molecule has 69 valence electrons. The van der Waals surface area contributed by atoms with Gasteiger partial charge in [-0.05, 0) is 0 Å². The molecule has 0 saturated heterocycles. The fourth-order valence-electron chi connectivity index (χ4n) is 0.764. The van der Waals surface area contributed by atoms with E-state index >= 15 is 0 Å². The molecule has 0 unspecified atom stereocenters. The van der Waals surface area contributed by atoms with Crippen LogP contribution in [-0.4, -0.2) is 17.2 Å². The molecule has 1 aromatic rings. The van der Waals surface area contributed by atoms with E-state index in [0.717, 1.165) is 0 Å². The van der Waals surface area contributed by atoms with E-state index in [4.69, 9.17) is 15.3 Å². The Morgan fingerprint density at radius 1 is 1.46 bits per heavy atom. The van der Waals surface area contributed by atoms with Crippen LogP contribution < -0.4 is 5.46 Å². The summed E-state index contributed by atoms with van der Waals surface area (Å²) in [6, 6.07) is 8.87. The van der Waals surface area contributed by atoms with Crippen molar-refractivity contribution in [3.8, 4) is 6.07 Å². The first-order valence-corrected chi connectivity index (χ1v) is 3.02. The van der Waals surface area contributed by atoms with Gasteiger partial charge < -0.3 is 17.5 Å². The van der Waals surface area contributed by atoms with Crippen LogP contribution in [0.3, 0.4) is 0 Å². The van der Waals surface area contributed by atoms with E-state index in [1.165, 1.54) is 18.2 Å². The van der Waals surface area contributed by atoms with Crippen molar-refractivity contribution in [3.63, 3.8) is 0 Å². The fraction of sp³-hybridized carbons (Fsp3) is 0. The summed E-state index contributed by atoms with van der Waals surface area (Å²) in [5.74, 6) is 0. The van der Waals surface area contributed by atoms with Gasteiger partial charge in [0.05, 0.1) is 0 Å². The molecule has 0 aliphatic carbocycles. The molecule has 1 radical (unpaired) electrons. The van der Waals surface area contributed by atoms with Gasteiger partial charge in [0.15, 0.2) is 0 Å². The number of hydrogen-bond donors (Lipinski definition) is 2. The van der Waals surface area contributed by atoms with Crippen LogP contribution in [0.25, 0.3) is 0 Å². The van der Waals surface area contributed by atoms with Gasteiger partial charge in [-0.15, -0.1) is 5.46 Å². The monoisotopic (exact) mass is 220 g/mol. The minimum absolute atomic E-state index is 0. The first kappa shape index (κ1) is 14.7. The third-order valence-corrected chi connectivity index (χ3v) is 1.30. The predicted molar refractivity (Wildman–Crippen MR) is 46.2 cm³/mol. The van der Waals surface area contributed by atoms with Crippen LogP contribution in [-0.2, 0) is 16.8 Å². The molecule has 0 aliphatic heterocycles. The van der Waals surface area contributed by atoms with E-state index in [1.807, 2.05) is 6.07 Å². The van der Waals surface area contributed by atoms with Gasteiger partial charge in [0.2, 0.25) is 0 Å². The zero-order chi connectivity index (χ0) is 8.27. The summed E-state index contributed by atoms with van der Waals surface area (Å²) >= 11 is 0. The van der Waals surface area contributed by atoms with Gasteiger partial charge in [-0.2, -0.15) is 24.3 Å². The van der Waals surface area contributed by atoms with Crippen LogP contribution in [0, 0.1) is 24.8 Å². The molecule has 0 aromatic heterocycles. The smallest absolute Gasteiger partial charge is 0.424 e. The van der Waals surface area contributed by atoms with Gasteiger partial charge in [-0.1, -0.05) is 5.56 Å². The molecule has 0 atom stereocenters. The number of benzene rings is 1. The Kier molecular flexibility index (Phi) is 7.57. The topological polar surface area (TPSA) is 64.2 Å². The Balaban J connectivity index is 0. The SMILES string of the molecule is N#Cc1c[c-]ccc1B(O)O.[CH3-].[Co+2]. The van der Waals surface area contributed by atoms with Crippen molar-refractivity contribution in [2.75, 3.05) is 0 Å². The number of nitriles is 1. The summed E-state index contributed by atoms with van der Waals surface area (Å²) < 4.78 is 0. The van der Waals surface area contributed by atoms with E-state index in [-0.39, 0.29) is 35.2 Å². The summed E-state index contributed by atoms with van der Waals surface area (Å²) in [6.07, 6.45) is 0. The Hall–Kier alpha value is -0.799. The third-order valence-electron chi connectivity index (χ3n) is 1.30. The van der Waals surface area contributed by atoms with Crippen LogP contribution in [0.4, 0.5) is 0 Å². The minimum atomic E-state index is -1.58. The predicted octanol–water partition coefficient (Wildman–Crippen LogP) is -0.514. The first-order chi connectivity index (χ1) is 5.25. The van der Waals surface area contributed by atoms with Crippen molar-refractivity contribution in [3.05, 3.63) is 37.3 Å². The van der Waals surface area contributed by atoms with Gasteiger partial charge in [0.1, 0.15) is 0 Å². The van der Waals surface area contributed by atoms with Gasteiger partial charge in [-0.25, -0.2) is 5.26 Å². The standard InChI is InChI=1S/C7H5BNO2.CH3.Co/c9-5-6-3-1-2-4-7(6)8(10)11;;/h2-4,10-11H;1H3;/q2*-1;+2. The van der Waals surface area contributed by atoms with Crippen molar-refractivity contribution in [1.29, 1.82) is 5.26 Å². The molecule has 0 aliphatic rings. The summed E-state index contributed by atoms with van der Waals surface area (Å²) in [5.41, 5.74) is 0.453. The second-order valence-corrected chi connectivity index (χ2v) is 2.00. The molecule has 0 spiro atoms. The average molecular weight is 220 g/mol. The summed E-state index contributed by atoms with van der Waals surface area (Å²) in [5, 5.41) is 25.9. The third kappa shape index (κ3) is 3.61. The molecule has 0 heterocycles.